The van der Waals surface area contributed by atoms with E-state index in [2.05, 4.69) is 39.8 Å². The number of hydrogen-bond acceptors (Lipinski definition) is 3. The Kier molecular flexibility index (Phi) is 3.77. The molecule has 0 bridgehead atoms. The third kappa shape index (κ3) is 2.86. The van der Waals surface area contributed by atoms with E-state index in [0.29, 0.717) is 6.79 Å². The molecule has 1 N–H and O–H groups in total. The summed E-state index contributed by atoms with van der Waals surface area (Å²) in [4.78, 5) is 0. The van der Waals surface area contributed by atoms with Crippen molar-refractivity contribution in [2.24, 2.45) is 10.8 Å². The first-order valence-corrected chi connectivity index (χ1v) is 6.85. The van der Waals surface area contributed by atoms with Crippen LogP contribution in [0.4, 0.5) is 0 Å². The van der Waals surface area contributed by atoms with Crippen molar-refractivity contribution < 1.29 is 14.6 Å². The van der Waals surface area contributed by atoms with Gasteiger partial charge in [0.25, 0.3) is 0 Å². The van der Waals surface area contributed by atoms with E-state index >= 15 is 0 Å². The summed E-state index contributed by atoms with van der Waals surface area (Å²) in [6.07, 6.45) is 1.77. The lowest BCUT2D eigenvalue weighted by atomic mass is 9.63. The Labute approximate surface area is 115 Å². The minimum absolute atomic E-state index is 0.0815. The molecule has 1 aromatic carbocycles. The van der Waals surface area contributed by atoms with Crippen molar-refractivity contribution in [3.63, 3.8) is 0 Å². The summed E-state index contributed by atoms with van der Waals surface area (Å²) in [6.45, 7) is 9.50. The monoisotopic (exact) mass is 264 g/mol. The van der Waals surface area contributed by atoms with Crippen molar-refractivity contribution in [2.75, 3.05) is 13.4 Å². The summed E-state index contributed by atoms with van der Waals surface area (Å²) >= 11 is 0. The van der Waals surface area contributed by atoms with Crippen LogP contribution in [0, 0.1) is 10.8 Å². The number of fused-ring (bicyclic) bond motifs is 1. The Morgan fingerprint density at radius 1 is 1.05 bits per heavy atom. The molecule has 106 valence electrons. The molecule has 1 aliphatic heterocycles. The molecule has 0 saturated carbocycles. The SMILES string of the molecule is CC(C)(CCO)C(C)(C)Cc1ccc2c(c1)OCO2. The number of aliphatic hydroxyl groups excluding tert-OH is 1. The van der Waals surface area contributed by atoms with Gasteiger partial charge in [0, 0.05) is 6.61 Å². The van der Waals surface area contributed by atoms with Crippen LogP contribution in [-0.2, 0) is 6.42 Å². The molecule has 1 aromatic rings. The molecule has 3 nitrogen and oxygen atoms in total. The van der Waals surface area contributed by atoms with Crippen LogP contribution in [0.1, 0.15) is 39.7 Å². The molecule has 3 heteroatoms. The standard InChI is InChI=1S/C16H24O3/c1-15(2,7-8-17)16(3,4)10-12-5-6-13-14(9-12)19-11-18-13/h5-6,9,17H,7-8,10-11H2,1-4H3. The van der Waals surface area contributed by atoms with Gasteiger partial charge in [-0.1, -0.05) is 33.8 Å². The van der Waals surface area contributed by atoms with Gasteiger partial charge in [0.15, 0.2) is 11.5 Å². The molecular formula is C16H24O3. The fourth-order valence-corrected chi connectivity index (χ4v) is 2.42. The second kappa shape index (κ2) is 5.04. The molecule has 1 heterocycles. The quantitative estimate of drug-likeness (QED) is 0.886. The molecule has 0 saturated heterocycles. The zero-order valence-electron chi connectivity index (χ0n) is 12.3. The molecule has 0 atom stereocenters. The van der Waals surface area contributed by atoms with Crippen molar-refractivity contribution in [3.05, 3.63) is 23.8 Å². The Morgan fingerprint density at radius 2 is 1.74 bits per heavy atom. The smallest absolute Gasteiger partial charge is 0.231 e. The van der Waals surface area contributed by atoms with Crippen molar-refractivity contribution >= 4 is 0 Å². The lowest BCUT2D eigenvalue weighted by molar-refractivity contribution is 0.0737. The zero-order chi connectivity index (χ0) is 14.1. The van der Waals surface area contributed by atoms with Crippen LogP contribution < -0.4 is 9.47 Å². The number of ether oxygens (including phenoxy) is 2. The van der Waals surface area contributed by atoms with Crippen LogP contribution in [-0.4, -0.2) is 18.5 Å². The van der Waals surface area contributed by atoms with Crippen LogP contribution in [0.25, 0.3) is 0 Å². The van der Waals surface area contributed by atoms with Crippen LogP contribution in [0.3, 0.4) is 0 Å². The van der Waals surface area contributed by atoms with Crippen molar-refractivity contribution in [1.29, 1.82) is 0 Å². The van der Waals surface area contributed by atoms with E-state index in [-0.39, 0.29) is 17.4 Å². The van der Waals surface area contributed by atoms with Crippen LogP contribution >= 0.6 is 0 Å². The molecule has 0 unspecified atom stereocenters. The average molecular weight is 264 g/mol. The van der Waals surface area contributed by atoms with Gasteiger partial charge in [0.1, 0.15) is 0 Å². The second-order valence-electron chi connectivity index (χ2n) is 6.61. The number of aliphatic hydroxyl groups is 1. The maximum Gasteiger partial charge on any atom is 0.231 e. The summed E-state index contributed by atoms with van der Waals surface area (Å²) in [5.41, 5.74) is 1.43. The fourth-order valence-electron chi connectivity index (χ4n) is 2.42. The first-order chi connectivity index (χ1) is 8.86. The van der Waals surface area contributed by atoms with Crippen molar-refractivity contribution in [2.45, 2.75) is 40.5 Å². The Morgan fingerprint density at radius 3 is 2.42 bits per heavy atom. The summed E-state index contributed by atoms with van der Waals surface area (Å²) in [5, 5.41) is 9.22. The van der Waals surface area contributed by atoms with Gasteiger partial charge in [0.2, 0.25) is 6.79 Å². The van der Waals surface area contributed by atoms with E-state index in [0.717, 1.165) is 24.3 Å². The van der Waals surface area contributed by atoms with Gasteiger partial charge in [-0.05, 0) is 41.4 Å². The highest BCUT2D eigenvalue weighted by Crippen LogP contribution is 2.44. The van der Waals surface area contributed by atoms with E-state index in [9.17, 15) is 5.11 Å². The predicted molar refractivity (Wildman–Crippen MR) is 75.5 cm³/mol. The Hall–Kier alpha value is -1.22. The Balaban J connectivity index is 2.16. The van der Waals surface area contributed by atoms with Crippen molar-refractivity contribution in [1.82, 2.24) is 0 Å². The molecule has 0 aliphatic carbocycles. The number of rotatable bonds is 5. The lowest BCUT2D eigenvalue weighted by Crippen LogP contribution is -2.35. The molecule has 2 rings (SSSR count). The second-order valence-corrected chi connectivity index (χ2v) is 6.61. The van der Waals surface area contributed by atoms with E-state index in [1.807, 2.05) is 6.07 Å². The molecule has 1 aliphatic rings. The highest BCUT2D eigenvalue weighted by molar-refractivity contribution is 5.44. The van der Waals surface area contributed by atoms with Crippen LogP contribution in [0.15, 0.2) is 18.2 Å². The normalized spacial score (nSPS) is 14.8. The fraction of sp³-hybridized carbons (Fsp3) is 0.625. The molecular weight excluding hydrogens is 240 g/mol. The number of hydrogen-bond donors (Lipinski definition) is 1. The highest BCUT2D eigenvalue weighted by atomic mass is 16.7. The molecule has 0 aromatic heterocycles. The molecule has 19 heavy (non-hydrogen) atoms. The van der Waals surface area contributed by atoms with Gasteiger partial charge in [0.05, 0.1) is 0 Å². The summed E-state index contributed by atoms with van der Waals surface area (Å²) < 4.78 is 10.8. The zero-order valence-corrected chi connectivity index (χ0v) is 12.3. The molecule has 0 amide bonds. The van der Waals surface area contributed by atoms with Gasteiger partial charge < -0.3 is 14.6 Å². The van der Waals surface area contributed by atoms with E-state index in [4.69, 9.17) is 9.47 Å². The largest absolute Gasteiger partial charge is 0.454 e. The van der Waals surface area contributed by atoms with Gasteiger partial charge >= 0.3 is 0 Å². The average Bonchev–Trinajstić information content (AvgIpc) is 2.75. The molecule has 0 spiro atoms. The van der Waals surface area contributed by atoms with Crippen molar-refractivity contribution in [3.8, 4) is 11.5 Å². The van der Waals surface area contributed by atoms with Gasteiger partial charge in [-0.15, -0.1) is 0 Å². The highest BCUT2D eigenvalue weighted by Gasteiger charge is 2.36. The summed E-state index contributed by atoms with van der Waals surface area (Å²) in [7, 11) is 0. The van der Waals surface area contributed by atoms with Gasteiger partial charge in [-0.2, -0.15) is 0 Å². The summed E-state index contributed by atoms with van der Waals surface area (Å²) in [5.74, 6) is 1.67. The first-order valence-electron chi connectivity index (χ1n) is 6.85. The third-order valence-electron chi connectivity index (χ3n) is 4.65. The maximum absolute atomic E-state index is 9.22. The topological polar surface area (TPSA) is 38.7 Å². The van der Waals surface area contributed by atoms with Crippen LogP contribution in [0.5, 0.6) is 11.5 Å². The molecule has 0 radical (unpaired) electrons. The Bertz CT molecular complexity index is 449. The van der Waals surface area contributed by atoms with E-state index in [1.54, 1.807) is 0 Å². The first kappa shape index (κ1) is 14.2. The lowest BCUT2D eigenvalue weighted by Gasteiger charge is -2.42. The third-order valence-corrected chi connectivity index (χ3v) is 4.65. The minimum atomic E-state index is 0.0815. The van der Waals surface area contributed by atoms with E-state index < -0.39 is 0 Å². The minimum Gasteiger partial charge on any atom is -0.454 e. The number of benzene rings is 1. The van der Waals surface area contributed by atoms with Crippen LogP contribution in [0.2, 0.25) is 0 Å². The summed E-state index contributed by atoms with van der Waals surface area (Å²) in [6, 6.07) is 6.15. The van der Waals surface area contributed by atoms with E-state index in [1.165, 1.54) is 5.56 Å². The predicted octanol–water partition coefficient (Wildman–Crippen LogP) is 3.39. The maximum atomic E-state index is 9.22. The van der Waals surface area contributed by atoms with Gasteiger partial charge in [-0.3, -0.25) is 0 Å². The van der Waals surface area contributed by atoms with Gasteiger partial charge in [-0.25, -0.2) is 0 Å². The molecule has 0 fully saturated rings.